The summed E-state index contributed by atoms with van der Waals surface area (Å²) in [6, 6.07) is 12.4. The number of aliphatic hydroxyl groups excluding tert-OH is 1. The van der Waals surface area contributed by atoms with Gasteiger partial charge in [0, 0.05) is 55.8 Å². The van der Waals surface area contributed by atoms with Crippen LogP contribution in [0.5, 0.6) is 17.2 Å². The quantitative estimate of drug-likeness (QED) is 0.680. The van der Waals surface area contributed by atoms with E-state index >= 15 is 0 Å². The molecular formula is C25H29N3O4. The summed E-state index contributed by atoms with van der Waals surface area (Å²) in [4.78, 5) is 4.81. The molecule has 0 unspecified atom stereocenters. The second-order valence-corrected chi connectivity index (χ2v) is 9.45. The number of aromatic nitrogens is 1. The SMILES string of the molecule is COc1ccc2c3c(n(C)c2c1)[C@H](CO)N(Cc1ccc2c(c1)OCO2)CC31CN(C)C1. The van der Waals surface area contributed by atoms with Crippen LogP contribution in [0.3, 0.4) is 0 Å². The van der Waals surface area contributed by atoms with Crippen LogP contribution in [0.2, 0.25) is 0 Å². The molecular weight excluding hydrogens is 406 g/mol. The Bertz CT molecular complexity index is 1200. The molecule has 0 amide bonds. The number of methoxy groups -OCH3 is 1. The maximum absolute atomic E-state index is 10.6. The van der Waals surface area contributed by atoms with Crippen molar-refractivity contribution in [3.8, 4) is 17.2 Å². The fourth-order valence-electron chi connectivity index (χ4n) is 6.15. The average Bonchev–Trinajstić information content (AvgIpc) is 3.35. The van der Waals surface area contributed by atoms with E-state index in [4.69, 9.17) is 14.2 Å². The first-order valence-electron chi connectivity index (χ1n) is 11.1. The molecule has 1 saturated heterocycles. The zero-order chi connectivity index (χ0) is 22.0. The molecule has 3 aliphatic heterocycles. The van der Waals surface area contributed by atoms with E-state index in [0.717, 1.165) is 48.9 Å². The number of fused-ring (bicyclic) bond motifs is 5. The Hall–Kier alpha value is -2.74. The molecule has 0 aliphatic carbocycles. The van der Waals surface area contributed by atoms with E-state index in [-0.39, 0.29) is 24.9 Å². The van der Waals surface area contributed by atoms with E-state index in [1.54, 1.807) is 7.11 Å². The van der Waals surface area contributed by atoms with Crippen LogP contribution in [-0.4, -0.2) is 66.7 Å². The lowest BCUT2D eigenvalue weighted by Gasteiger charge is -2.55. The molecule has 6 rings (SSSR count). The van der Waals surface area contributed by atoms with Gasteiger partial charge in [0.1, 0.15) is 5.75 Å². The first-order valence-corrected chi connectivity index (χ1v) is 11.1. The maximum atomic E-state index is 10.6. The molecule has 0 saturated carbocycles. The normalized spacial score (nSPS) is 21.7. The highest BCUT2D eigenvalue weighted by atomic mass is 16.7. The third-order valence-corrected chi connectivity index (χ3v) is 7.39. The summed E-state index contributed by atoms with van der Waals surface area (Å²) >= 11 is 0. The second-order valence-electron chi connectivity index (χ2n) is 9.45. The van der Waals surface area contributed by atoms with Crippen LogP contribution in [0.25, 0.3) is 10.9 Å². The molecule has 3 aromatic rings. The Labute approximate surface area is 187 Å². The molecule has 32 heavy (non-hydrogen) atoms. The van der Waals surface area contributed by atoms with Gasteiger partial charge in [0.05, 0.1) is 25.3 Å². The summed E-state index contributed by atoms with van der Waals surface area (Å²) in [5, 5.41) is 11.8. The Morgan fingerprint density at radius 3 is 2.62 bits per heavy atom. The number of hydrogen-bond acceptors (Lipinski definition) is 6. The largest absolute Gasteiger partial charge is 0.497 e. The van der Waals surface area contributed by atoms with Gasteiger partial charge in [0.2, 0.25) is 6.79 Å². The molecule has 1 spiro atoms. The number of nitrogens with zero attached hydrogens (tertiary/aromatic N) is 3. The summed E-state index contributed by atoms with van der Waals surface area (Å²) in [6.07, 6.45) is 0. The molecule has 2 aromatic carbocycles. The molecule has 1 N–H and O–H groups in total. The van der Waals surface area contributed by atoms with Crippen molar-refractivity contribution in [1.29, 1.82) is 0 Å². The van der Waals surface area contributed by atoms with E-state index in [9.17, 15) is 5.11 Å². The summed E-state index contributed by atoms with van der Waals surface area (Å²) < 4.78 is 18.8. The summed E-state index contributed by atoms with van der Waals surface area (Å²) in [7, 11) is 6.00. The standard InChI is InChI=1S/C25H29N3O4/c1-26-12-25(13-26)14-28(10-16-4-7-21-22(8-16)32-15-31-21)20(11-29)24-23(25)18-6-5-17(30-3)9-19(18)27(24)2/h4-9,20,29H,10-15H2,1-3H3/t20-/m0/s1. The summed E-state index contributed by atoms with van der Waals surface area (Å²) in [5.41, 5.74) is 5.00. The number of ether oxygens (including phenoxy) is 3. The Balaban J connectivity index is 1.46. The van der Waals surface area contributed by atoms with Crippen molar-refractivity contribution in [2.75, 3.05) is 47.2 Å². The summed E-state index contributed by atoms with van der Waals surface area (Å²) in [6.45, 7) is 4.04. The van der Waals surface area contributed by atoms with Gasteiger partial charge in [-0.2, -0.15) is 0 Å². The number of likely N-dealkylation sites (N-methyl/N-ethyl adjacent to an activating group) is 1. The van der Waals surface area contributed by atoms with Crippen molar-refractivity contribution >= 4 is 10.9 Å². The number of benzene rings is 2. The molecule has 4 heterocycles. The van der Waals surface area contributed by atoms with Gasteiger partial charge in [-0.15, -0.1) is 0 Å². The van der Waals surface area contributed by atoms with E-state index in [1.165, 1.54) is 22.2 Å². The zero-order valence-corrected chi connectivity index (χ0v) is 18.8. The lowest BCUT2D eigenvalue weighted by Crippen LogP contribution is -2.65. The van der Waals surface area contributed by atoms with Crippen LogP contribution in [0.4, 0.5) is 0 Å². The first kappa shape index (κ1) is 19.9. The second kappa shape index (κ2) is 7.13. The van der Waals surface area contributed by atoms with Crippen LogP contribution in [-0.2, 0) is 19.0 Å². The molecule has 1 atom stereocenters. The van der Waals surface area contributed by atoms with Crippen LogP contribution in [0.15, 0.2) is 36.4 Å². The van der Waals surface area contributed by atoms with Gasteiger partial charge in [0.25, 0.3) is 0 Å². The van der Waals surface area contributed by atoms with Gasteiger partial charge < -0.3 is 28.8 Å². The van der Waals surface area contributed by atoms with E-state index in [2.05, 4.69) is 52.7 Å². The topological polar surface area (TPSA) is 59.3 Å². The third kappa shape index (κ3) is 2.78. The predicted molar refractivity (Wildman–Crippen MR) is 121 cm³/mol. The van der Waals surface area contributed by atoms with Crippen molar-refractivity contribution in [3.63, 3.8) is 0 Å². The Morgan fingerprint density at radius 2 is 1.88 bits per heavy atom. The fraction of sp³-hybridized carbons (Fsp3) is 0.440. The van der Waals surface area contributed by atoms with Crippen molar-refractivity contribution in [2.24, 2.45) is 7.05 Å². The zero-order valence-electron chi connectivity index (χ0n) is 18.8. The molecule has 3 aliphatic rings. The fourth-order valence-corrected chi connectivity index (χ4v) is 6.15. The predicted octanol–water partition coefficient (Wildman–Crippen LogP) is 2.65. The molecule has 1 fully saturated rings. The van der Waals surface area contributed by atoms with Gasteiger partial charge in [0.15, 0.2) is 11.5 Å². The number of likely N-dealkylation sites (tertiary alicyclic amines) is 1. The molecule has 7 nitrogen and oxygen atoms in total. The average molecular weight is 436 g/mol. The Morgan fingerprint density at radius 1 is 1.06 bits per heavy atom. The number of hydrogen-bond donors (Lipinski definition) is 1. The number of aliphatic hydroxyl groups is 1. The van der Waals surface area contributed by atoms with Gasteiger partial charge >= 0.3 is 0 Å². The first-order chi connectivity index (χ1) is 15.5. The van der Waals surface area contributed by atoms with E-state index < -0.39 is 0 Å². The minimum absolute atomic E-state index is 0.0557. The molecule has 0 radical (unpaired) electrons. The highest BCUT2D eigenvalue weighted by Crippen LogP contribution is 2.49. The van der Waals surface area contributed by atoms with Gasteiger partial charge in [-0.25, -0.2) is 0 Å². The van der Waals surface area contributed by atoms with Crippen molar-refractivity contribution in [3.05, 3.63) is 53.2 Å². The van der Waals surface area contributed by atoms with Gasteiger partial charge in [-0.05, 0) is 42.4 Å². The van der Waals surface area contributed by atoms with Gasteiger partial charge in [-0.1, -0.05) is 6.07 Å². The van der Waals surface area contributed by atoms with E-state index in [0.29, 0.717) is 0 Å². The van der Waals surface area contributed by atoms with Crippen molar-refractivity contribution < 1.29 is 19.3 Å². The lowest BCUT2D eigenvalue weighted by atomic mass is 9.69. The molecule has 0 bridgehead atoms. The van der Waals surface area contributed by atoms with Gasteiger partial charge in [-0.3, -0.25) is 4.90 Å². The number of rotatable bonds is 4. The Kier molecular flexibility index (Phi) is 4.44. The molecule has 7 heteroatoms. The van der Waals surface area contributed by atoms with Crippen LogP contribution in [0, 0.1) is 0 Å². The van der Waals surface area contributed by atoms with Crippen molar-refractivity contribution in [2.45, 2.75) is 18.0 Å². The highest BCUT2D eigenvalue weighted by molar-refractivity contribution is 5.89. The van der Waals surface area contributed by atoms with Crippen LogP contribution >= 0.6 is 0 Å². The van der Waals surface area contributed by atoms with Crippen LogP contribution < -0.4 is 14.2 Å². The molecule has 1 aromatic heterocycles. The lowest BCUT2D eigenvalue weighted by molar-refractivity contribution is 0.00291. The van der Waals surface area contributed by atoms with Crippen molar-refractivity contribution in [1.82, 2.24) is 14.4 Å². The minimum Gasteiger partial charge on any atom is -0.497 e. The van der Waals surface area contributed by atoms with Crippen LogP contribution in [0.1, 0.15) is 22.9 Å². The summed E-state index contributed by atoms with van der Waals surface area (Å²) in [5.74, 6) is 2.46. The monoisotopic (exact) mass is 435 g/mol. The highest BCUT2D eigenvalue weighted by Gasteiger charge is 2.52. The third-order valence-electron chi connectivity index (χ3n) is 7.39. The number of aryl methyl sites for hydroxylation is 1. The minimum atomic E-state index is -0.0738. The van der Waals surface area contributed by atoms with E-state index in [1.807, 2.05) is 12.1 Å². The maximum Gasteiger partial charge on any atom is 0.231 e. The smallest absolute Gasteiger partial charge is 0.231 e. The molecule has 168 valence electrons.